The topological polar surface area (TPSA) is 62.8 Å². The van der Waals surface area contributed by atoms with Gasteiger partial charge in [-0.05, 0) is 38.4 Å². The van der Waals surface area contributed by atoms with E-state index < -0.39 is 11.7 Å². The molecule has 1 aliphatic heterocycles. The molecule has 5 nitrogen and oxygen atoms in total. The number of rotatable bonds is 6. The maximum Gasteiger partial charge on any atom is 0.142 e. The van der Waals surface area contributed by atoms with E-state index in [0.29, 0.717) is 0 Å². The van der Waals surface area contributed by atoms with Crippen LogP contribution in [-0.4, -0.2) is 37.5 Å². The Morgan fingerprint density at radius 1 is 1.19 bits per heavy atom. The Hall–Kier alpha value is -2.24. The number of aliphatic hydroxyl groups excluding tert-OH is 1. The van der Waals surface area contributed by atoms with Gasteiger partial charge in [0.1, 0.15) is 23.2 Å². The fourth-order valence-corrected chi connectivity index (χ4v) is 3.42. The van der Waals surface area contributed by atoms with Crippen LogP contribution in [0.25, 0.3) is 0 Å². The molecule has 140 valence electrons. The van der Waals surface area contributed by atoms with Crippen LogP contribution in [0.3, 0.4) is 0 Å². The highest BCUT2D eigenvalue weighted by Gasteiger charge is 2.43. The number of anilines is 1. The molecule has 2 aromatic rings. The Kier molecular flexibility index (Phi) is 5.39. The van der Waals surface area contributed by atoms with Crippen LogP contribution in [0.5, 0.6) is 11.5 Å². The van der Waals surface area contributed by atoms with Crippen molar-refractivity contribution in [3.63, 3.8) is 0 Å². The summed E-state index contributed by atoms with van der Waals surface area (Å²) in [5, 5.41) is 17.5. The zero-order valence-electron chi connectivity index (χ0n) is 15.9. The number of hydrogen-bond acceptors (Lipinski definition) is 5. The molecule has 2 atom stereocenters. The van der Waals surface area contributed by atoms with Gasteiger partial charge in [0.05, 0.1) is 18.8 Å². The normalized spacial score (nSPS) is 20.8. The highest BCUT2D eigenvalue weighted by molar-refractivity contribution is 5.63. The summed E-state index contributed by atoms with van der Waals surface area (Å²) in [5.41, 5.74) is 2.36. The van der Waals surface area contributed by atoms with Crippen molar-refractivity contribution in [1.29, 1.82) is 0 Å². The Bertz CT molecular complexity index is 746. The van der Waals surface area contributed by atoms with Gasteiger partial charge in [0, 0.05) is 18.7 Å². The van der Waals surface area contributed by atoms with Gasteiger partial charge in [-0.15, -0.1) is 0 Å². The van der Waals surface area contributed by atoms with Crippen LogP contribution in [-0.2, 0) is 6.42 Å². The SMILES string of the molecule is CNc1cc2c(cc1OC)[C@H](NCCc1ccccc1)C(O)C(C)(C)O2. The van der Waals surface area contributed by atoms with E-state index in [4.69, 9.17) is 9.47 Å². The van der Waals surface area contributed by atoms with E-state index in [2.05, 4.69) is 22.8 Å². The second-order valence-corrected chi connectivity index (χ2v) is 7.16. The Balaban J connectivity index is 1.86. The molecule has 1 heterocycles. The van der Waals surface area contributed by atoms with Crippen LogP contribution in [0.4, 0.5) is 5.69 Å². The van der Waals surface area contributed by atoms with E-state index in [0.717, 1.165) is 35.7 Å². The van der Waals surface area contributed by atoms with E-state index in [-0.39, 0.29) is 6.04 Å². The van der Waals surface area contributed by atoms with E-state index >= 15 is 0 Å². The number of methoxy groups -OCH3 is 1. The lowest BCUT2D eigenvalue weighted by molar-refractivity contribution is -0.0644. The highest BCUT2D eigenvalue weighted by Crippen LogP contribution is 2.44. The summed E-state index contributed by atoms with van der Waals surface area (Å²) in [5.74, 6) is 1.50. The van der Waals surface area contributed by atoms with Crippen LogP contribution in [0, 0.1) is 0 Å². The first-order valence-corrected chi connectivity index (χ1v) is 9.00. The predicted octanol–water partition coefficient (Wildman–Crippen LogP) is 3.14. The molecule has 0 aromatic heterocycles. The van der Waals surface area contributed by atoms with Crippen molar-refractivity contribution in [2.24, 2.45) is 0 Å². The first kappa shape index (κ1) is 18.5. The van der Waals surface area contributed by atoms with Crippen molar-refractivity contribution in [3.05, 3.63) is 53.6 Å². The molecule has 5 heteroatoms. The zero-order valence-corrected chi connectivity index (χ0v) is 15.9. The molecule has 0 aliphatic carbocycles. The van der Waals surface area contributed by atoms with E-state index in [1.54, 1.807) is 7.11 Å². The first-order valence-electron chi connectivity index (χ1n) is 9.00. The van der Waals surface area contributed by atoms with Gasteiger partial charge in [-0.3, -0.25) is 0 Å². The summed E-state index contributed by atoms with van der Waals surface area (Å²) in [6.45, 7) is 4.59. The van der Waals surface area contributed by atoms with Gasteiger partial charge >= 0.3 is 0 Å². The third kappa shape index (κ3) is 3.64. The number of ether oxygens (including phenoxy) is 2. The summed E-state index contributed by atoms with van der Waals surface area (Å²) in [6.07, 6.45) is 0.225. The van der Waals surface area contributed by atoms with Gasteiger partial charge in [-0.25, -0.2) is 0 Å². The third-order valence-corrected chi connectivity index (χ3v) is 4.96. The molecular formula is C21H28N2O3. The van der Waals surface area contributed by atoms with Gasteiger partial charge in [-0.1, -0.05) is 30.3 Å². The monoisotopic (exact) mass is 356 g/mol. The van der Waals surface area contributed by atoms with Gasteiger partial charge in [0.2, 0.25) is 0 Å². The maximum absolute atomic E-state index is 10.9. The predicted molar refractivity (Wildman–Crippen MR) is 104 cm³/mol. The standard InChI is InChI=1S/C21H28N2O3/c1-21(2)20(24)19(23-11-10-14-8-6-5-7-9-14)15-12-18(25-4)16(22-3)13-17(15)26-21/h5-9,12-13,19-20,22-24H,10-11H2,1-4H3/t19-,20?/m0/s1. The first-order chi connectivity index (χ1) is 12.5. The number of nitrogens with one attached hydrogen (secondary N) is 2. The minimum Gasteiger partial charge on any atom is -0.495 e. The molecule has 0 spiro atoms. The summed E-state index contributed by atoms with van der Waals surface area (Å²) < 4.78 is 11.6. The second kappa shape index (κ2) is 7.56. The van der Waals surface area contributed by atoms with Crippen LogP contribution in [0.15, 0.2) is 42.5 Å². The molecule has 3 rings (SSSR count). The van der Waals surface area contributed by atoms with E-state index in [1.165, 1.54) is 5.56 Å². The van der Waals surface area contributed by atoms with Crippen LogP contribution in [0.2, 0.25) is 0 Å². The molecule has 26 heavy (non-hydrogen) atoms. The molecular weight excluding hydrogens is 328 g/mol. The maximum atomic E-state index is 10.9. The average Bonchev–Trinajstić information content (AvgIpc) is 2.64. The minimum absolute atomic E-state index is 0.225. The summed E-state index contributed by atoms with van der Waals surface area (Å²) in [7, 11) is 3.49. The van der Waals surface area contributed by atoms with E-state index in [9.17, 15) is 5.11 Å². The molecule has 3 N–H and O–H groups in total. The van der Waals surface area contributed by atoms with Crippen molar-refractivity contribution in [3.8, 4) is 11.5 Å². The minimum atomic E-state index is -0.684. The average molecular weight is 356 g/mol. The molecule has 1 unspecified atom stereocenters. The number of benzene rings is 2. The zero-order chi connectivity index (χ0) is 18.7. The lowest BCUT2D eigenvalue weighted by Crippen LogP contribution is -2.52. The van der Waals surface area contributed by atoms with Gasteiger partial charge < -0.3 is 25.2 Å². The van der Waals surface area contributed by atoms with Gasteiger partial charge in [0.15, 0.2) is 0 Å². The molecule has 0 fully saturated rings. The molecule has 1 aliphatic rings. The fourth-order valence-electron chi connectivity index (χ4n) is 3.42. The smallest absolute Gasteiger partial charge is 0.142 e. The van der Waals surface area contributed by atoms with Crippen LogP contribution < -0.4 is 20.1 Å². The molecule has 0 saturated heterocycles. The molecule has 2 aromatic carbocycles. The lowest BCUT2D eigenvalue weighted by atomic mass is 9.86. The molecule has 0 saturated carbocycles. The van der Waals surface area contributed by atoms with Gasteiger partial charge in [-0.2, -0.15) is 0 Å². The number of fused-ring (bicyclic) bond motifs is 1. The fraction of sp³-hybridized carbons (Fsp3) is 0.429. The highest BCUT2D eigenvalue weighted by atomic mass is 16.5. The van der Waals surface area contributed by atoms with Crippen LogP contribution in [0.1, 0.15) is 31.0 Å². The summed E-state index contributed by atoms with van der Waals surface area (Å²) in [4.78, 5) is 0. The number of aliphatic hydroxyl groups is 1. The van der Waals surface area contributed by atoms with Crippen molar-refractivity contribution < 1.29 is 14.6 Å². The van der Waals surface area contributed by atoms with Crippen LogP contribution >= 0.6 is 0 Å². The Morgan fingerprint density at radius 3 is 2.58 bits per heavy atom. The Morgan fingerprint density at radius 2 is 1.92 bits per heavy atom. The van der Waals surface area contributed by atoms with Crippen molar-refractivity contribution in [2.75, 3.05) is 26.0 Å². The second-order valence-electron chi connectivity index (χ2n) is 7.16. The quantitative estimate of drug-likeness (QED) is 0.742. The van der Waals surface area contributed by atoms with Gasteiger partial charge in [0.25, 0.3) is 0 Å². The summed E-state index contributed by atoms with van der Waals surface area (Å²) >= 11 is 0. The molecule has 0 radical (unpaired) electrons. The van der Waals surface area contributed by atoms with Crippen molar-refractivity contribution >= 4 is 5.69 Å². The lowest BCUT2D eigenvalue weighted by Gasteiger charge is -2.42. The van der Waals surface area contributed by atoms with Crippen molar-refractivity contribution in [1.82, 2.24) is 5.32 Å². The largest absolute Gasteiger partial charge is 0.495 e. The molecule has 0 bridgehead atoms. The summed E-state index contributed by atoms with van der Waals surface area (Å²) in [6, 6.07) is 14.0. The number of hydrogen-bond donors (Lipinski definition) is 3. The molecule has 0 amide bonds. The van der Waals surface area contributed by atoms with Crippen molar-refractivity contribution in [2.45, 2.75) is 38.0 Å². The van der Waals surface area contributed by atoms with E-state index in [1.807, 2.05) is 51.2 Å². The third-order valence-electron chi connectivity index (χ3n) is 4.96. The Labute approximate surface area is 155 Å².